The molecule has 0 bridgehead atoms. The van der Waals surface area contributed by atoms with E-state index in [1.807, 2.05) is 0 Å². The highest BCUT2D eigenvalue weighted by molar-refractivity contribution is 7.86. The second-order valence-corrected chi connectivity index (χ2v) is 15.9. The zero-order valence-electron chi connectivity index (χ0n) is 26.0. The lowest BCUT2D eigenvalue weighted by Gasteiger charge is -2.34. The number of carbonyl (C=O) groups is 2. The maximum Gasteiger partial charge on any atom is 0.336 e. The van der Waals surface area contributed by atoms with Crippen molar-refractivity contribution in [1.29, 1.82) is 0 Å². The molecule has 0 radical (unpaired) electrons. The fourth-order valence-electron chi connectivity index (χ4n) is 6.43. The molecule has 5 N–H and O–H groups in total. The summed E-state index contributed by atoms with van der Waals surface area (Å²) in [5.41, 5.74) is 0.00518. The van der Waals surface area contributed by atoms with Gasteiger partial charge >= 0.3 is 11.9 Å². The third-order valence-corrected chi connectivity index (χ3v) is 9.39. The van der Waals surface area contributed by atoms with Gasteiger partial charge in [0.1, 0.15) is 23.0 Å². The van der Waals surface area contributed by atoms with Gasteiger partial charge in [-0.3, -0.25) is 14.1 Å². The highest BCUT2D eigenvalue weighted by Gasteiger charge is 2.33. The Morgan fingerprint density at radius 1 is 0.771 bits per heavy atom. The Bertz CT molecular complexity index is 2410. The number of nitrogens with one attached hydrogen (secondary N) is 1. The molecule has 0 atom stereocenters. The largest absolute Gasteiger partial charge is 0.478 e. The Balaban J connectivity index is 1.76. The summed E-state index contributed by atoms with van der Waals surface area (Å²) in [5, 5.41) is 24.0. The predicted octanol–water partition coefficient (Wildman–Crippen LogP) is 3.59. The van der Waals surface area contributed by atoms with Crippen LogP contribution in [0.4, 0.5) is 5.69 Å². The number of ether oxygens (including phenoxy) is 1. The van der Waals surface area contributed by atoms with Crippen LogP contribution in [0.2, 0.25) is 0 Å². The Kier molecular flexibility index (Phi) is 7.48. The molecular formula is C33H30N2O11S2. The number of carboxylic acids is 2. The summed E-state index contributed by atoms with van der Waals surface area (Å²) < 4.78 is 74.2. The van der Waals surface area contributed by atoms with Crippen LogP contribution in [0.25, 0.3) is 16.7 Å². The molecule has 48 heavy (non-hydrogen) atoms. The molecule has 6 rings (SSSR count). The van der Waals surface area contributed by atoms with Gasteiger partial charge in [-0.25, -0.2) is 9.59 Å². The van der Waals surface area contributed by atoms with E-state index in [4.69, 9.17) is 9.73 Å². The average molecular weight is 695 g/mol. The first-order valence-corrected chi connectivity index (χ1v) is 17.7. The lowest BCUT2D eigenvalue weighted by atomic mass is 9.84. The first kappa shape index (κ1) is 33.1. The summed E-state index contributed by atoms with van der Waals surface area (Å²) in [4.78, 5) is 29.4. The maximum atomic E-state index is 12.6. The minimum Gasteiger partial charge on any atom is -0.478 e. The van der Waals surface area contributed by atoms with Gasteiger partial charge in [-0.05, 0) is 74.7 Å². The molecule has 250 valence electrons. The number of fused-ring (bicyclic) bond motifs is 4. The van der Waals surface area contributed by atoms with Gasteiger partial charge in [0.2, 0.25) is 0 Å². The number of aromatic carboxylic acids is 2. The van der Waals surface area contributed by atoms with Crippen molar-refractivity contribution >= 4 is 54.6 Å². The molecule has 0 saturated carbocycles. The molecule has 3 aliphatic rings. The van der Waals surface area contributed by atoms with Gasteiger partial charge in [-0.1, -0.05) is 12.2 Å². The molecule has 3 aromatic carbocycles. The second-order valence-electron chi connectivity index (χ2n) is 13.0. The quantitative estimate of drug-likeness (QED) is 0.175. The van der Waals surface area contributed by atoms with E-state index in [2.05, 4.69) is 5.32 Å². The van der Waals surface area contributed by atoms with E-state index in [1.165, 1.54) is 6.07 Å². The number of hydrogen-bond donors (Lipinski definition) is 5. The molecule has 3 aromatic rings. The number of nitrogens with zero attached hydrogens (tertiary/aromatic N) is 1. The van der Waals surface area contributed by atoms with Crippen LogP contribution in [0.3, 0.4) is 0 Å². The molecule has 0 saturated heterocycles. The summed E-state index contributed by atoms with van der Waals surface area (Å²) in [6.45, 7) is 7.11. The van der Waals surface area contributed by atoms with E-state index in [0.717, 1.165) is 12.1 Å². The van der Waals surface area contributed by atoms with Gasteiger partial charge in [0.25, 0.3) is 20.2 Å². The zero-order valence-corrected chi connectivity index (χ0v) is 27.7. The lowest BCUT2D eigenvalue weighted by molar-refractivity contribution is 0.0681. The maximum absolute atomic E-state index is 12.6. The Morgan fingerprint density at radius 3 is 2.02 bits per heavy atom. The summed E-state index contributed by atoms with van der Waals surface area (Å²) in [5.74, 6) is -3.73. The fraction of sp³-hybridized carbons (Fsp3) is 0.242. The Morgan fingerprint density at radius 2 is 1.42 bits per heavy atom. The smallest absolute Gasteiger partial charge is 0.336 e. The van der Waals surface area contributed by atoms with Crippen LogP contribution in [0, 0.1) is 0 Å². The average Bonchev–Trinajstić information content (AvgIpc) is 2.91. The number of benzene rings is 3. The monoisotopic (exact) mass is 694 g/mol. The lowest BCUT2D eigenvalue weighted by Crippen LogP contribution is -2.33. The highest BCUT2D eigenvalue weighted by atomic mass is 32.2. The van der Waals surface area contributed by atoms with Crippen LogP contribution >= 0.6 is 0 Å². The molecule has 3 aliphatic heterocycles. The second kappa shape index (κ2) is 10.8. The van der Waals surface area contributed by atoms with Crippen molar-refractivity contribution in [3.05, 3.63) is 98.6 Å². The van der Waals surface area contributed by atoms with Crippen LogP contribution in [0.5, 0.6) is 11.5 Å². The van der Waals surface area contributed by atoms with Crippen LogP contribution in [-0.2, 0) is 20.2 Å². The molecule has 15 heteroatoms. The van der Waals surface area contributed by atoms with Gasteiger partial charge < -0.3 is 20.3 Å². The molecule has 0 aliphatic carbocycles. The van der Waals surface area contributed by atoms with Gasteiger partial charge in [0.05, 0.1) is 27.6 Å². The molecule has 3 heterocycles. The Hall–Kier alpha value is -4.83. The molecule has 0 unspecified atom stereocenters. The normalized spacial score (nSPS) is 17.2. The summed E-state index contributed by atoms with van der Waals surface area (Å²) in [7, 11) is -8.99. The van der Waals surface area contributed by atoms with Crippen molar-refractivity contribution in [2.45, 2.75) is 38.8 Å². The standard InChI is InChI=1S/C33H30N2O11S2/c1-32(2)12-17(14-47(40,41)42)20-8-23-27(10-25(20)34-32)46-28-11-26-21(18(15-48(43,44)45)13-33(3,4)35-26)9-24(28)29(23)22-7-16(30(36)37)5-6-19(22)31(38)39/h5-13,34H,14-15H2,1-4H3,(H,36,37)(H,38,39)(H,40,41,42)(H,43,44,45). The molecule has 0 aromatic heterocycles. The van der Waals surface area contributed by atoms with Crippen molar-refractivity contribution < 1.29 is 50.5 Å². The number of carboxylic acid groups (broad SMARTS) is 2. The van der Waals surface area contributed by atoms with E-state index >= 15 is 0 Å². The van der Waals surface area contributed by atoms with Crippen molar-refractivity contribution in [2.24, 2.45) is 4.99 Å². The molecular weight excluding hydrogens is 665 g/mol. The van der Waals surface area contributed by atoms with E-state index < -0.39 is 54.8 Å². The fourth-order valence-corrected chi connectivity index (χ4v) is 7.69. The molecule has 0 spiro atoms. The first-order valence-electron chi connectivity index (χ1n) is 14.5. The van der Waals surface area contributed by atoms with Gasteiger partial charge in [0, 0.05) is 45.3 Å². The number of rotatable bonds is 7. The van der Waals surface area contributed by atoms with E-state index in [1.54, 1.807) is 64.1 Å². The van der Waals surface area contributed by atoms with Gasteiger partial charge in [0.15, 0.2) is 0 Å². The molecule has 0 amide bonds. The summed E-state index contributed by atoms with van der Waals surface area (Å²) >= 11 is 0. The molecule has 0 fully saturated rings. The van der Waals surface area contributed by atoms with Crippen LogP contribution in [0.1, 0.15) is 70.7 Å². The van der Waals surface area contributed by atoms with E-state index in [-0.39, 0.29) is 55.7 Å². The van der Waals surface area contributed by atoms with Gasteiger partial charge in [-0.15, -0.1) is 0 Å². The van der Waals surface area contributed by atoms with Crippen molar-refractivity contribution in [3.8, 4) is 11.5 Å². The first-order chi connectivity index (χ1) is 22.1. The third-order valence-electron chi connectivity index (χ3n) is 8.04. The SMILES string of the molecule is CC1(C)C=C(CS(=O)(=O)O)c2cc3c(cc2=N1)Oc1cc2c(cc1C=3c1cc(C(=O)O)ccc1C(=O)O)C(CS(=O)(=O)O)=CC(C)(C)N2. The molecule has 13 nitrogen and oxygen atoms in total. The Labute approximate surface area is 275 Å². The van der Waals surface area contributed by atoms with Crippen LogP contribution in [0.15, 0.2) is 59.6 Å². The van der Waals surface area contributed by atoms with E-state index in [9.17, 15) is 45.7 Å². The van der Waals surface area contributed by atoms with Crippen LogP contribution < -0.4 is 20.6 Å². The highest BCUT2D eigenvalue weighted by Crippen LogP contribution is 2.45. The third kappa shape index (κ3) is 6.36. The summed E-state index contributed by atoms with van der Waals surface area (Å²) in [6.07, 6.45) is 3.24. The minimum atomic E-state index is -4.50. The topological polar surface area (TPSA) is 217 Å². The summed E-state index contributed by atoms with van der Waals surface area (Å²) in [6, 6.07) is 9.82. The number of hydrogen-bond acceptors (Lipinski definition) is 9. The van der Waals surface area contributed by atoms with Crippen molar-refractivity contribution in [2.75, 3.05) is 16.8 Å². The van der Waals surface area contributed by atoms with E-state index in [0.29, 0.717) is 22.2 Å². The predicted molar refractivity (Wildman–Crippen MR) is 176 cm³/mol. The van der Waals surface area contributed by atoms with Crippen LogP contribution in [-0.4, -0.2) is 70.7 Å². The van der Waals surface area contributed by atoms with Gasteiger partial charge in [-0.2, -0.15) is 16.8 Å². The minimum absolute atomic E-state index is 0.00843. The van der Waals surface area contributed by atoms with Crippen molar-refractivity contribution in [1.82, 2.24) is 0 Å². The van der Waals surface area contributed by atoms with Crippen molar-refractivity contribution in [3.63, 3.8) is 0 Å². The number of anilines is 1. The zero-order chi connectivity index (χ0) is 35.1.